The Morgan fingerprint density at radius 2 is 1.68 bits per heavy atom. The van der Waals surface area contributed by atoms with Gasteiger partial charge in [0.2, 0.25) is 0 Å². The number of hydrogen-bond donors (Lipinski definition) is 0. The SMILES string of the molecule is C=C1CCCC/C1=C/C=C1\CCC[C@]2(C)C([C@H](C)/C=C/[C@H](C)C(C)C)CC[C@@H]12. The van der Waals surface area contributed by atoms with Crippen molar-refractivity contribution in [3.8, 4) is 0 Å². The maximum Gasteiger partial charge on any atom is -0.0143 e. The third-order valence-corrected chi connectivity index (χ3v) is 8.57. The highest BCUT2D eigenvalue weighted by Crippen LogP contribution is 2.59. The highest BCUT2D eigenvalue weighted by Gasteiger charge is 2.50. The van der Waals surface area contributed by atoms with E-state index in [1.54, 1.807) is 5.57 Å². The highest BCUT2D eigenvalue weighted by molar-refractivity contribution is 5.35. The summed E-state index contributed by atoms with van der Waals surface area (Å²) in [6.07, 6.45) is 22.0. The van der Waals surface area contributed by atoms with E-state index in [4.69, 9.17) is 0 Å². The fraction of sp³-hybridized carbons (Fsp3) is 0.714. The van der Waals surface area contributed by atoms with Crippen LogP contribution < -0.4 is 0 Å². The van der Waals surface area contributed by atoms with Crippen molar-refractivity contribution in [2.75, 3.05) is 0 Å². The summed E-state index contributed by atoms with van der Waals surface area (Å²) in [7, 11) is 0. The summed E-state index contributed by atoms with van der Waals surface area (Å²) in [5, 5.41) is 0. The fourth-order valence-electron chi connectivity index (χ4n) is 6.25. The fourth-order valence-corrected chi connectivity index (χ4v) is 6.25. The molecule has 1 unspecified atom stereocenters. The summed E-state index contributed by atoms with van der Waals surface area (Å²) in [5.74, 6) is 3.77. The van der Waals surface area contributed by atoms with Gasteiger partial charge in [0.05, 0.1) is 0 Å². The topological polar surface area (TPSA) is 0 Å². The molecule has 0 aromatic rings. The monoisotopic (exact) mass is 380 g/mol. The second-order valence-electron chi connectivity index (χ2n) is 10.7. The van der Waals surface area contributed by atoms with E-state index >= 15 is 0 Å². The van der Waals surface area contributed by atoms with Crippen LogP contribution >= 0.6 is 0 Å². The maximum absolute atomic E-state index is 4.32. The number of allylic oxidation sites excluding steroid dienone is 7. The van der Waals surface area contributed by atoms with Crippen molar-refractivity contribution in [2.24, 2.45) is 35.0 Å². The van der Waals surface area contributed by atoms with E-state index in [1.165, 1.54) is 68.9 Å². The lowest BCUT2D eigenvalue weighted by Gasteiger charge is -2.44. The minimum Gasteiger partial charge on any atom is -0.0956 e. The molecule has 0 saturated heterocycles. The third-order valence-electron chi connectivity index (χ3n) is 8.57. The van der Waals surface area contributed by atoms with Crippen LogP contribution in [0.2, 0.25) is 0 Å². The lowest BCUT2D eigenvalue weighted by molar-refractivity contribution is 0.112. The summed E-state index contributed by atoms with van der Waals surface area (Å²) >= 11 is 0. The van der Waals surface area contributed by atoms with E-state index in [1.807, 2.05) is 0 Å². The van der Waals surface area contributed by atoms with Crippen LogP contribution in [0.25, 0.3) is 0 Å². The van der Waals surface area contributed by atoms with Crippen molar-refractivity contribution < 1.29 is 0 Å². The molecule has 3 rings (SSSR count). The average molecular weight is 381 g/mol. The largest absolute Gasteiger partial charge is 0.0956 e. The van der Waals surface area contributed by atoms with Gasteiger partial charge in [0, 0.05) is 0 Å². The first-order valence-electron chi connectivity index (χ1n) is 12.1. The second kappa shape index (κ2) is 9.19. The van der Waals surface area contributed by atoms with Crippen LogP contribution in [0.15, 0.2) is 47.6 Å². The van der Waals surface area contributed by atoms with E-state index in [0.717, 1.165) is 17.8 Å². The minimum atomic E-state index is 0.497. The van der Waals surface area contributed by atoms with Crippen molar-refractivity contribution in [1.82, 2.24) is 0 Å². The molecular formula is C28H44. The Bertz CT molecular complexity index is 643. The smallest absolute Gasteiger partial charge is 0.0143 e. The first-order chi connectivity index (χ1) is 13.3. The van der Waals surface area contributed by atoms with Gasteiger partial charge in [-0.05, 0) is 98.4 Å². The molecule has 3 saturated carbocycles. The van der Waals surface area contributed by atoms with Crippen LogP contribution in [0.5, 0.6) is 0 Å². The molecular weight excluding hydrogens is 336 g/mol. The molecule has 0 spiro atoms. The Balaban J connectivity index is 1.74. The van der Waals surface area contributed by atoms with Gasteiger partial charge in [-0.25, -0.2) is 0 Å². The molecule has 0 N–H and O–H groups in total. The summed E-state index contributed by atoms with van der Waals surface area (Å²) in [6, 6.07) is 0. The molecule has 0 nitrogen and oxygen atoms in total. The molecule has 0 bridgehead atoms. The summed E-state index contributed by atoms with van der Waals surface area (Å²) in [5.41, 5.74) is 5.16. The van der Waals surface area contributed by atoms with Crippen LogP contribution in [0.4, 0.5) is 0 Å². The molecule has 0 aromatic heterocycles. The molecule has 156 valence electrons. The average Bonchev–Trinajstić information content (AvgIpc) is 3.02. The van der Waals surface area contributed by atoms with Gasteiger partial charge in [0.25, 0.3) is 0 Å². The van der Waals surface area contributed by atoms with E-state index in [9.17, 15) is 0 Å². The molecule has 0 aliphatic heterocycles. The predicted octanol–water partition coefficient (Wildman–Crippen LogP) is 8.67. The van der Waals surface area contributed by atoms with Gasteiger partial charge in [0.15, 0.2) is 0 Å². The zero-order valence-electron chi connectivity index (χ0n) is 19.3. The Hall–Kier alpha value is -1.04. The second-order valence-corrected chi connectivity index (χ2v) is 10.7. The van der Waals surface area contributed by atoms with Crippen LogP contribution in [0.3, 0.4) is 0 Å². The quantitative estimate of drug-likeness (QED) is 0.418. The van der Waals surface area contributed by atoms with E-state index in [0.29, 0.717) is 17.3 Å². The van der Waals surface area contributed by atoms with Gasteiger partial charge in [-0.2, -0.15) is 0 Å². The molecule has 3 fully saturated rings. The van der Waals surface area contributed by atoms with Crippen LogP contribution in [0, 0.1) is 35.0 Å². The van der Waals surface area contributed by atoms with Gasteiger partial charge in [-0.1, -0.05) is 76.6 Å². The maximum atomic E-state index is 4.32. The summed E-state index contributed by atoms with van der Waals surface area (Å²) in [6.45, 7) is 16.4. The Kier molecular flexibility index (Phi) is 7.11. The zero-order valence-corrected chi connectivity index (χ0v) is 19.3. The molecule has 0 aromatic carbocycles. The van der Waals surface area contributed by atoms with E-state index < -0.39 is 0 Å². The highest BCUT2D eigenvalue weighted by atomic mass is 14.5. The minimum absolute atomic E-state index is 0.497. The summed E-state index contributed by atoms with van der Waals surface area (Å²) < 4.78 is 0. The van der Waals surface area contributed by atoms with Gasteiger partial charge in [-0.15, -0.1) is 0 Å². The number of rotatable bonds is 5. The Morgan fingerprint density at radius 1 is 0.929 bits per heavy atom. The molecule has 3 aliphatic rings. The van der Waals surface area contributed by atoms with Crippen LogP contribution in [-0.2, 0) is 0 Å². The number of fused-ring (bicyclic) bond motifs is 1. The van der Waals surface area contributed by atoms with Gasteiger partial charge in [-0.3, -0.25) is 0 Å². The molecule has 3 aliphatic carbocycles. The van der Waals surface area contributed by atoms with Gasteiger partial charge < -0.3 is 0 Å². The normalized spacial score (nSPS) is 36.4. The summed E-state index contributed by atoms with van der Waals surface area (Å²) in [4.78, 5) is 0. The molecule has 28 heavy (non-hydrogen) atoms. The van der Waals surface area contributed by atoms with Crippen molar-refractivity contribution in [2.45, 2.75) is 92.4 Å². The van der Waals surface area contributed by atoms with Crippen molar-refractivity contribution in [3.63, 3.8) is 0 Å². The van der Waals surface area contributed by atoms with Crippen LogP contribution in [-0.4, -0.2) is 0 Å². The zero-order chi connectivity index (χ0) is 20.3. The molecule has 0 heterocycles. The number of hydrogen-bond acceptors (Lipinski definition) is 0. The van der Waals surface area contributed by atoms with E-state index in [-0.39, 0.29) is 0 Å². The van der Waals surface area contributed by atoms with Crippen LogP contribution in [0.1, 0.15) is 92.4 Å². The van der Waals surface area contributed by atoms with Crippen molar-refractivity contribution >= 4 is 0 Å². The molecule has 0 radical (unpaired) electrons. The first-order valence-corrected chi connectivity index (χ1v) is 12.1. The van der Waals surface area contributed by atoms with E-state index in [2.05, 4.69) is 65.5 Å². The van der Waals surface area contributed by atoms with Crippen molar-refractivity contribution in [1.29, 1.82) is 0 Å². The molecule has 0 amide bonds. The first kappa shape index (κ1) is 21.7. The van der Waals surface area contributed by atoms with Gasteiger partial charge >= 0.3 is 0 Å². The molecule has 5 atom stereocenters. The Labute approximate surface area is 175 Å². The van der Waals surface area contributed by atoms with Crippen molar-refractivity contribution in [3.05, 3.63) is 47.6 Å². The predicted molar refractivity (Wildman–Crippen MR) is 124 cm³/mol. The van der Waals surface area contributed by atoms with Gasteiger partial charge in [0.1, 0.15) is 0 Å². The standard InChI is InChI=1S/C28H44/c1-20(2)21(3)13-14-23(5)26-17-18-27-25(12-9-19-28(26,27)6)16-15-24-11-8-7-10-22(24)4/h13-16,20-21,23,26-27H,4,7-12,17-19H2,1-3,5-6H3/b14-13+,24-15-,25-16+/t21-,23+,26?,27-,28+/m0/s1. The lowest BCUT2D eigenvalue weighted by atomic mass is 9.61. The lowest BCUT2D eigenvalue weighted by Crippen LogP contribution is -2.35. The Morgan fingerprint density at radius 3 is 2.39 bits per heavy atom. The molecule has 0 heteroatoms. The third kappa shape index (κ3) is 4.58.